The summed E-state index contributed by atoms with van der Waals surface area (Å²) in [7, 11) is 2.04. The van der Waals surface area contributed by atoms with Gasteiger partial charge in [-0.3, -0.25) is 0 Å². The number of thiazole rings is 1. The van der Waals surface area contributed by atoms with Gasteiger partial charge in [-0.05, 0) is 32.7 Å². The third-order valence-corrected chi connectivity index (χ3v) is 4.63. The Morgan fingerprint density at radius 3 is 2.88 bits per heavy atom. The summed E-state index contributed by atoms with van der Waals surface area (Å²) in [5.41, 5.74) is 1.23. The van der Waals surface area contributed by atoms with Crippen molar-refractivity contribution in [1.82, 2.24) is 10.3 Å². The lowest BCUT2D eigenvalue weighted by molar-refractivity contribution is -0.0185. The highest BCUT2D eigenvalue weighted by Gasteiger charge is 2.38. The van der Waals surface area contributed by atoms with Crippen molar-refractivity contribution >= 4 is 11.3 Å². The first kappa shape index (κ1) is 13.0. The van der Waals surface area contributed by atoms with E-state index in [1.165, 1.54) is 10.7 Å². The highest BCUT2D eigenvalue weighted by Crippen LogP contribution is 2.36. The molecule has 1 saturated heterocycles. The topological polar surface area (TPSA) is 34.2 Å². The molecular weight excluding hydrogens is 232 g/mol. The first-order chi connectivity index (χ1) is 8.07. The van der Waals surface area contributed by atoms with Crippen LogP contribution in [0.25, 0.3) is 0 Å². The molecule has 4 heteroatoms. The van der Waals surface area contributed by atoms with Crippen LogP contribution in [-0.2, 0) is 10.3 Å². The molecule has 96 valence electrons. The van der Waals surface area contributed by atoms with Crippen molar-refractivity contribution in [2.45, 2.75) is 51.2 Å². The van der Waals surface area contributed by atoms with E-state index in [2.05, 4.69) is 31.5 Å². The van der Waals surface area contributed by atoms with E-state index >= 15 is 0 Å². The first-order valence-electron chi connectivity index (χ1n) is 6.34. The zero-order valence-electron chi connectivity index (χ0n) is 11.1. The van der Waals surface area contributed by atoms with Crippen molar-refractivity contribution in [2.24, 2.45) is 0 Å². The first-order valence-corrected chi connectivity index (χ1v) is 7.22. The summed E-state index contributed by atoms with van der Waals surface area (Å²) in [6.07, 6.45) is 2.33. The molecule has 0 bridgehead atoms. The molecule has 1 aromatic heterocycles. The molecule has 2 heterocycles. The molecule has 1 fully saturated rings. The summed E-state index contributed by atoms with van der Waals surface area (Å²) in [5.74, 6) is 0.506. The molecule has 0 saturated carbocycles. The fourth-order valence-electron chi connectivity index (χ4n) is 2.39. The quantitative estimate of drug-likeness (QED) is 0.900. The number of nitrogens with zero attached hydrogens (tertiary/aromatic N) is 1. The second-order valence-corrected chi connectivity index (χ2v) is 6.06. The summed E-state index contributed by atoms with van der Waals surface area (Å²) in [5, 5.41) is 6.90. The molecule has 1 N–H and O–H groups in total. The average molecular weight is 254 g/mol. The molecule has 1 aromatic rings. The number of ether oxygens (including phenoxy) is 1. The molecular formula is C13H22N2OS. The van der Waals surface area contributed by atoms with Crippen LogP contribution in [0.4, 0.5) is 0 Å². The predicted octanol–water partition coefficient (Wildman–Crippen LogP) is 2.88. The molecule has 2 atom stereocenters. The van der Waals surface area contributed by atoms with Crippen molar-refractivity contribution < 1.29 is 4.74 Å². The molecule has 0 radical (unpaired) electrons. The molecule has 0 spiro atoms. The number of rotatable bonds is 3. The van der Waals surface area contributed by atoms with Crippen molar-refractivity contribution in [2.75, 3.05) is 13.7 Å². The summed E-state index contributed by atoms with van der Waals surface area (Å²) in [6, 6.07) is 0. The Balaban J connectivity index is 2.26. The second-order valence-electron chi connectivity index (χ2n) is 5.20. The Morgan fingerprint density at radius 1 is 1.59 bits per heavy atom. The molecule has 17 heavy (non-hydrogen) atoms. The lowest BCUT2D eigenvalue weighted by atomic mass is 9.87. The standard InChI is InChI=1S/C13H22N2OS/c1-9(2)11-8-17-12(15-11)13(14-4)5-6-16-10(3)7-13/h8-10,14H,5-7H2,1-4H3. The Hall–Kier alpha value is -0.450. The maximum atomic E-state index is 5.65. The normalized spacial score (nSPS) is 29.8. The van der Waals surface area contributed by atoms with Gasteiger partial charge < -0.3 is 10.1 Å². The van der Waals surface area contributed by atoms with Crippen LogP contribution in [0.5, 0.6) is 0 Å². The van der Waals surface area contributed by atoms with Crippen molar-refractivity contribution in [3.63, 3.8) is 0 Å². The minimum atomic E-state index is 0.0233. The van der Waals surface area contributed by atoms with Gasteiger partial charge in [0.25, 0.3) is 0 Å². The smallest absolute Gasteiger partial charge is 0.113 e. The van der Waals surface area contributed by atoms with Gasteiger partial charge in [-0.1, -0.05) is 13.8 Å². The van der Waals surface area contributed by atoms with Crippen LogP contribution in [0.3, 0.4) is 0 Å². The fourth-order valence-corrected chi connectivity index (χ4v) is 3.61. The van der Waals surface area contributed by atoms with Gasteiger partial charge in [0.2, 0.25) is 0 Å². The zero-order chi connectivity index (χ0) is 12.5. The Bertz CT molecular complexity index is 377. The molecule has 1 aliphatic heterocycles. The second kappa shape index (κ2) is 5.04. The number of hydrogen-bond acceptors (Lipinski definition) is 4. The summed E-state index contributed by atoms with van der Waals surface area (Å²) >= 11 is 1.78. The van der Waals surface area contributed by atoms with Crippen LogP contribution >= 0.6 is 11.3 Å². The third-order valence-electron chi connectivity index (χ3n) is 3.57. The summed E-state index contributed by atoms with van der Waals surface area (Å²) in [6.45, 7) is 7.34. The van der Waals surface area contributed by atoms with Gasteiger partial charge >= 0.3 is 0 Å². The summed E-state index contributed by atoms with van der Waals surface area (Å²) in [4.78, 5) is 4.81. The van der Waals surface area contributed by atoms with Gasteiger partial charge in [-0.15, -0.1) is 11.3 Å². The minimum Gasteiger partial charge on any atom is -0.378 e. The highest BCUT2D eigenvalue weighted by molar-refractivity contribution is 7.09. The Labute approximate surface area is 108 Å². The lowest BCUT2D eigenvalue weighted by Gasteiger charge is -2.38. The largest absolute Gasteiger partial charge is 0.378 e. The lowest BCUT2D eigenvalue weighted by Crippen LogP contribution is -2.47. The van der Waals surface area contributed by atoms with E-state index in [0.717, 1.165) is 19.4 Å². The van der Waals surface area contributed by atoms with Crippen LogP contribution in [0, 0.1) is 0 Å². The molecule has 3 nitrogen and oxygen atoms in total. The van der Waals surface area contributed by atoms with Crippen molar-refractivity contribution in [3.8, 4) is 0 Å². The van der Waals surface area contributed by atoms with E-state index in [1.807, 2.05) is 7.05 Å². The third kappa shape index (κ3) is 2.54. The Morgan fingerprint density at radius 2 is 2.35 bits per heavy atom. The maximum absolute atomic E-state index is 5.65. The van der Waals surface area contributed by atoms with Gasteiger partial charge in [0.05, 0.1) is 17.3 Å². The average Bonchev–Trinajstić information content (AvgIpc) is 2.78. The molecule has 0 amide bonds. The van der Waals surface area contributed by atoms with Crippen LogP contribution in [0.1, 0.15) is 50.2 Å². The van der Waals surface area contributed by atoms with Crippen molar-refractivity contribution in [1.29, 1.82) is 0 Å². The molecule has 2 rings (SSSR count). The van der Waals surface area contributed by atoms with Crippen LogP contribution < -0.4 is 5.32 Å². The van der Waals surface area contributed by atoms with E-state index in [1.54, 1.807) is 11.3 Å². The monoisotopic (exact) mass is 254 g/mol. The van der Waals surface area contributed by atoms with E-state index in [-0.39, 0.29) is 5.54 Å². The minimum absolute atomic E-state index is 0.0233. The summed E-state index contributed by atoms with van der Waals surface area (Å²) < 4.78 is 5.65. The number of aromatic nitrogens is 1. The van der Waals surface area contributed by atoms with E-state index < -0.39 is 0 Å². The van der Waals surface area contributed by atoms with Crippen LogP contribution in [-0.4, -0.2) is 24.7 Å². The molecule has 2 unspecified atom stereocenters. The SMILES string of the molecule is CNC1(c2nc(C(C)C)cs2)CCOC(C)C1. The van der Waals surface area contributed by atoms with Gasteiger partial charge in [0, 0.05) is 12.0 Å². The van der Waals surface area contributed by atoms with Gasteiger partial charge in [0.1, 0.15) is 5.01 Å². The number of nitrogens with one attached hydrogen (secondary N) is 1. The fraction of sp³-hybridized carbons (Fsp3) is 0.769. The molecule has 0 aliphatic carbocycles. The van der Waals surface area contributed by atoms with Gasteiger partial charge in [-0.2, -0.15) is 0 Å². The molecule has 1 aliphatic rings. The van der Waals surface area contributed by atoms with Gasteiger partial charge in [-0.25, -0.2) is 4.98 Å². The maximum Gasteiger partial charge on any atom is 0.113 e. The predicted molar refractivity (Wildman–Crippen MR) is 71.6 cm³/mol. The van der Waals surface area contributed by atoms with Crippen LogP contribution in [0.2, 0.25) is 0 Å². The van der Waals surface area contributed by atoms with E-state index in [0.29, 0.717) is 12.0 Å². The van der Waals surface area contributed by atoms with Crippen LogP contribution in [0.15, 0.2) is 5.38 Å². The van der Waals surface area contributed by atoms with E-state index in [4.69, 9.17) is 9.72 Å². The molecule has 0 aromatic carbocycles. The highest BCUT2D eigenvalue weighted by atomic mass is 32.1. The van der Waals surface area contributed by atoms with E-state index in [9.17, 15) is 0 Å². The number of hydrogen-bond donors (Lipinski definition) is 1. The van der Waals surface area contributed by atoms with Crippen molar-refractivity contribution in [3.05, 3.63) is 16.1 Å². The Kier molecular flexibility index (Phi) is 3.85. The zero-order valence-corrected chi connectivity index (χ0v) is 11.9. The van der Waals surface area contributed by atoms with Gasteiger partial charge in [0.15, 0.2) is 0 Å².